The van der Waals surface area contributed by atoms with Crippen LogP contribution in [0.2, 0.25) is 0 Å². The molecule has 0 atom stereocenters. The molecule has 0 N–H and O–H groups in total. The number of ketones is 1. The number of carbonyl (C=O) groups excluding carboxylic acids is 2. The molecule has 0 fully saturated rings. The van der Waals surface area contributed by atoms with Gasteiger partial charge >= 0.3 is 5.97 Å². The molecule has 0 amide bonds. The summed E-state index contributed by atoms with van der Waals surface area (Å²) in [6.45, 7) is 2.00. The lowest BCUT2D eigenvalue weighted by Crippen LogP contribution is -2.08. The van der Waals surface area contributed by atoms with Crippen LogP contribution in [-0.4, -0.2) is 11.8 Å². The number of halogens is 1. The molecule has 0 aliphatic carbocycles. The first-order valence-corrected chi connectivity index (χ1v) is 9.41. The Morgan fingerprint density at radius 1 is 1.00 bits per heavy atom. The third-order valence-electron chi connectivity index (χ3n) is 4.31. The summed E-state index contributed by atoms with van der Waals surface area (Å²) in [4.78, 5) is 24.8. The van der Waals surface area contributed by atoms with Crippen molar-refractivity contribution in [3.05, 3.63) is 99.2 Å². The monoisotopic (exact) mass is 434 g/mol. The largest absolute Gasteiger partial charge is 0.452 e. The van der Waals surface area contributed by atoms with Gasteiger partial charge in [0.05, 0.1) is 11.1 Å². The third kappa shape index (κ3) is 3.75. The number of aryl methyl sites for hydroxylation is 1. The maximum Gasteiger partial charge on any atom is 0.343 e. The van der Waals surface area contributed by atoms with Gasteiger partial charge in [-0.15, -0.1) is 0 Å². The third-order valence-corrected chi connectivity index (χ3v) is 4.84. The summed E-state index contributed by atoms with van der Waals surface area (Å²) in [5.74, 6) is 0.268. The Morgan fingerprint density at radius 2 is 1.71 bits per heavy atom. The van der Waals surface area contributed by atoms with E-state index in [1.165, 1.54) is 0 Å². The number of ether oxygens (including phenoxy) is 2. The van der Waals surface area contributed by atoms with Gasteiger partial charge in [-0.25, -0.2) is 4.79 Å². The minimum Gasteiger partial charge on any atom is -0.452 e. The molecule has 28 heavy (non-hydrogen) atoms. The fraction of sp³-hybridized carbons (Fsp3) is 0.0435. The number of rotatable bonds is 3. The second kappa shape index (κ2) is 7.44. The number of hydrogen-bond donors (Lipinski definition) is 0. The Bertz CT molecular complexity index is 1100. The molecule has 0 radical (unpaired) electrons. The molecule has 1 heterocycles. The van der Waals surface area contributed by atoms with Gasteiger partial charge in [-0.2, -0.15) is 0 Å². The Labute approximate surface area is 170 Å². The van der Waals surface area contributed by atoms with E-state index in [-0.39, 0.29) is 11.5 Å². The Balaban J connectivity index is 1.54. The first-order chi connectivity index (χ1) is 13.5. The smallest absolute Gasteiger partial charge is 0.343 e. The van der Waals surface area contributed by atoms with Crippen LogP contribution in [0.5, 0.6) is 11.5 Å². The molecular formula is C23H15BrO4. The minimum atomic E-state index is -0.479. The number of fused-ring (bicyclic) bond motifs is 1. The molecule has 138 valence electrons. The van der Waals surface area contributed by atoms with Gasteiger partial charge in [0.25, 0.3) is 0 Å². The second-order valence-corrected chi connectivity index (χ2v) is 7.32. The van der Waals surface area contributed by atoms with E-state index in [2.05, 4.69) is 15.9 Å². The van der Waals surface area contributed by atoms with Crippen LogP contribution in [0.25, 0.3) is 6.08 Å². The average molecular weight is 435 g/mol. The molecule has 0 saturated carbocycles. The molecule has 1 aliphatic rings. The van der Waals surface area contributed by atoms with E-state index >= 15 is 0 Å². The molecular weight excluding hydrogens is 420 g/mol. The quantitative estimate of drug-likeness (QED) is 0.306. The van der Waals surface area contributed by atoms with Crippen molar-refractivity contribution in [2.45, 2.75) is 6.92 Å². The van der Waals surface area contributed by atoms with Crippen molar-refractivity contribution in [1.82, 2.24) is 0 Å². The van der Waals surface area contributed by atoms with Crippen molar-refractivity contribution in [1.29, 1.82) is 0 Å². The molecule has 0 aromatic heterocycles. The lowest BCUT2D eigenvalue weighted by molar-refractivity contribution is 0.0734. The predicted octanol–water partition coefficient (Wildman–Crippen LogP) is 5.59. The summed E-state index contributed by atoms with van der Waals surface area (Å²) < 4.78 is 12.0. The van der Waals surface area contributed by atoms with E-state index < -0.39 is 5.97 Å². The van der Waals surface area contributed by atoms with Crippen molar-refractivity contribution < 1.29 is 19.1 Å². The first-order valence-electron chi connectivity index (χ1n) is 8.62. The van der Waals surface area contributed by atoms with Crippen LogP contribution in [0.3, 0.4) is 0 Å². The number of hydrogen-bond acceptors (Lipinski definition) is 4. The number of benzene rings is 3. The molecule has 4 nitrogen and oxygen atoms in total. The summed E-state index contributed by atoms with van der Waals surface area (Å²) in [6.07, 6.45) is 1.70. The van der Waals surface area contributed by atoms with E-state index in [1.54, 1.807) is 48.5 Å². The van der Waals surface area contributed by atoms with Gasteiger partial charge in [0.15, 0.2) is 5.76 Å². The van der Waals surface area contributed by atoms with E-state index in [0.717, 1.165) is 15.6 Å². The van der Waals surface area contributed by atoms with E-state index in [1.807, 2.05) is 31.2 Å². The van der Waals surface area contributed by atoms with Crippen LogP contribution in [-0.2, 0) is 0 Å². The summed E-state index contributed by atoms with van der Waals surface area (Å²) in [5.41, 5.74) is 2.90. The topological polar surface area (TPSA) is 52.6 Å². The number of carbonyl (C=O) groups is 2. The van der Waals surface area contributed by atoms with Gasteiger partial charge in [0, 0.05) is 10.5 Å². The van der Waals surface area contributed by atoms with Crippen molar-refractivity contribution >= 4 is 33.8 Å². The summed E-state index contributed by atoms with van der Waals surface area (Å²) in [7, 11) is 0. The Hall–Kier alpha value is -3.18. The van der Waals surface area contributed by atoms with Crippen LogP contribution in [0.4, 0.5) is 0 Å². The average Bonchev–Trinajstić information content (AvgIpc) is 2.99. The lowest BCUT2D eigenvalue weighted by atomic mass is 10.1. The lowest BCUT2D eigenvalue weighted by Gasteiger charge is -2.06. The minimum absolute atomic E-state index is 0.193. The number of allylic oxidation sites excluding steroid dienone is 1. The van der Waals surface area contributed by atoms with Gasteiger partial charge in [0.1, 0.15) is 11.5 Å². The molecule has 1 aliphatic heterocycles. The van der Waals surface area contributed by atoms with Gasteiger partial charge in [0.2, 0.25) is 5.78 Å². The SMILES string of the molecule is Cc1ccc(C=C2Oc3cc(OC(=O)c4ccc(Br)cc4)ccc3C2=O)cc1. The molecule has 0 spiro atoms. The maximum atomic E-state index is 12.5. The Kier molecular flexibility index (Phi) is 4.84. The van der Waals surface area contributed by atoms with Crippen LogP contribution < -0.4 is 9.47 Å². The highest BCUT2D eigenvalue weighted by Gasteiger charge is 2.28. The summed E-state index contributed by atoms with van der Waals surface area (Å²) in [5, 5.41) is 0. The van der Waals surface area contributed by atoms with Crippen LogP contribution in [0.1, 0.15) is 31.8 Å². The predicted molar refractivity (Wildman–Crippen MR) is 110 cm³/mol. The van der Waals surface area contributed by atoms with Gasteiger partial charge in [-0.05, 0) is 55.0 Å². The van der Waals surface area contributed by atoms with Crippen molar-refractivity contribution in [2.24, 2.45) is 0 Å². The molecule has 3 aromatic rings. The number of esters is 1. The molecule has 0 saturated heterocycles. The van der Waals surface area contributed by atoms with Crippen LogP contribution in [0, 0.1) is 6.92 Å². The standard InChI is InChI=1S/C23H15BrO4/c1-14-2-4-15(5-3-14)12-21-22(25)19-11-10-18(13-20(19)28-21)27-23(26)16-6-8-17(24)9-7-16/h2-13H,1H3. The second-order valence-electron chi connectivity index (χ2n) is 6.40. The highest BCUT2D eigenvalue weighted by atomic mass is 79.9. The fourth-order valence-electron chi connectivity index (χ4n) is 2.80. The fourth-order valence-corrected chi connectivity index (χ4v) is 3.06. The van der Waals surface area contributed by atoms with Crippen molar-refractivity contribution in [2.75, 3.05) is 0 Å². The van der Waals surface area contributed by atoms with E-state index in [0.29, 0.717) is 22.6 Å². The first kappa shape index (κ1) is 18.2. The molecule has 0 unspecified atom stereocenters. The normalized spacial score (nSPS) is 13.9. The van der Waals surface area contributed by atoms with Crippen LogP contribution >= 0.6 is 15.9 Å². The highest BCUT2D eigenvalue weighted by molar-refractivity contribution is 9.10. The zero-order valence-corrected chi connectivity index (χ0v) is 16.5. The zero-order chi connectivity index (χ0) is 19.7. The van der Waals surface area contributed by atoms with Gasteiger partial charge in [-0.3, -0.25) is 4.79 Å². The highest BCUT2D eigenvalue weighted by Crippen LogP contribution is 2.35. The Morgan fingerprint density at radius 3 is 2.43 bits per heavy atom. The van der Waals surface area contributed by atoms with Crippen molar-refractivity contribution in [3.63, 3.8) is 0 Å². The molecule has 5 heteroatoms. The van der Waals surface area contributed by atoms with Gasteiger partial charge < -0.3 is 9.47 Å². The van der Waals surface area contributed by atoms with E-state index in [4.69, 9.17) is 9.47 Å². The van der Waals surface area contributed by atoms with Crippen molar-refractivity contribution in [3.8, 4) is 11.5 Å². The molecule has 3 aromatic carbocycles. The molecule has 4 rings (SSSR count). The summed E-state index contributed by atoms with van der Waals surface area (Å²) >= 11 is 3.33. The van der Waals surface area contributed by atoms with Crippen LogP contribution in [0.15, 0.2) is 77.0 Å². The van der Waals surface area contributed by atoms with E-state index in [9.17, 15) is 9.59 Å². The number of Topliss-reactive ketones (excluding diaryl/α,β-unsaturated/α-hetero) is 1. The molecule has 0 bridgehead atoms. The zero-order valence-electron chi connectivity index (χ0n) is 14.9. The maximum absolute atomic E-state index is 12.5. The van der Waals surface area contributed by atoms with Gasteiger partial charge in [-0.1, -0.05) is 45.8 Å². The summed E-state index contributed by atoms with van der Waals surface area (Å²) in [6, 6.07) is 19.4.